The summed E-state index contributed by atoms with van der Waals surface area (Å²) in [4.78, 5) is 3.73. The Morgan fingerprint density at radius 3 is 2.12 bits per heavy atom. The molecule has 25 heavy (non-hydrogen) atoms. The fraction of sp³-hybridized carbons (Fsp3) is 0.400. The lowest BCUT2D eigenvalue weighted by Gasteiger charge is -2.11. The van der Waals surface area contributed by atoms with Crippen LogP contribution < -0.4 is 10.6 Å². The molecule has 0 spiro atoms. The maximum Gasteiger partial charge on any atom is 0.416 e. The van der Waals surface area contributed by atoms with E-state index in [-0.39, 0.29) is 43.0 Å². The Morgan fingerprint density at radius 2 is 1.64 bits per heavy atom. The summed E-state index contributed by atoms with van der Waals surface area (Å²) in [5.41, 5.74) is -0.370. The molecule has 0 aliphatic heterocycles. The van der Waals surface area contributed by atoms with E-state index in [1.54, 1.807) is 0 Å². The molecule has 0 amide bonds. The first-order valence-electron chi connectivity index (χ1n) is 6.79. The van der Waals surface area contributed by atoms with Gasteiger partial charge in [-0.2, -0.15) is 26.3 Å². The molecule has 1 rings (SSSR count). The molecule has 0 bridgehead atoms. The van der Waals surface area contributed by atoms with E-state index in [0.717, 1.165) is 12.1 Å². The highest BCUT2D eigenvalue weighted by molar-refractivity contribution is 14.0. The minimum absolute atomic E-state index is 0. The highest BCUT2D eigenvalue weighted by Crippen LogP contribution is 2.28. The van der Waals surface area contributed by atoms with Gasteiger partial charge in [-0.15, -0.1) is 24.0 Å². The Kier molecular flexibility index (Phi) is 9.69. The van der Waals surface area contributed by atoms with Crippen molar-refractivity contribution in [2.24, 2.45) is 4.99 Å². The first-order chi connectivity index (χ1) is 11.1. The van der Waals surface area contributed by atoms with E-state index in [2.05, 4.69) is 27.5 Å². The van der Waals surface area contributed by atoms with Crippen LogP contribution in [-0.2, 0) is 6.18 Å². The Bertz CT molecular complexity index is 611. The minimum atomic E-state index is -4.40. The van der Waals surface area contributed by atoms with Gasteiger partial charge >= 0.3 is 12.4 Å². The molecule has 0 aliphatic rings. The second-order valence-corrected chi connectivity index (χ2v) is 4.59. The van der Waals surface area contributed by atoms with Crippen molar-refractivity contribution in [2.75, 3.05) is 20.1 Å². The van der Waals surface area contributed by atoms with E-state index in [1.807, 2.05) is 0 Å². The van der Waals surface area contributed by atoms with Crippen LogP contribution in [0.2, 0.25) is 0 Å². The van der Waals surface area contributed by atoms with Crippen LogP contribution >= 0.6 is 24.0 Å². The van der Waals surface area contributed by atoms with Crippen LogP contribution in [0.5, 0.6) is 0 Å². The molecule has 1 aromatic carbocycles. The number of nitrogens with one attached hydrogen (secondary N) is 2. The summed E-state index contributed by atoms with van der Waals surface area (Å²) in [6.07, 6.45) is -9.65. The van der Waals surface area contributed by atoms with Crippen LogP contribution in [0, 0.1) is 11.8 Å². The second kappa shape index (κ2) is 10.4. The van der Waals surface area contributed by atoms with Gasteiger partial charge in [0.05, 0.1) is 18.5 Å². The van der Waals surface area contributed by atoms with Gasteiger partial charge in [-0.3, -0.25) is 4.99 Å². The topological polar surface area (TPSA) is 36.4 Å². The molecular weight excluding hydrogens is 463 g/mol. The molecule has 0 saturated heterocycles. The smallest absolute Gasteiger partial charge is 0.356 e. The van der Waals surface area contributed by atoms with Crippen LogP contribution in [0.3, 0.4) is 0 Å². The number of hydrogen-bond donors (Lipinski definition) is 2. The first kappa shape index (κ1) is 23.4. The molecule has 0 radical (unpaired) electrons. The quantitative estimate of drug-likeness (QED) is 0.228. The maximum atomic E-state index is 12.4. The minimum Gasteiger partial charge on any atom is -0.356 e. The number of rotatable bonds is 3. The summed E-state index contributed by atoms with van der Waals surface area (Å²) < 4.78 is 73.2. The van der Waals surface area contributed by atoms with Crippen LogP contribution in [0.15, 0.2) is 29.3 Å². The number of benzene rings is 1. The summed E-state index contributed by atoms with van der Waals surface area (Å²) >= 11 is 0. The molecule has 0 atom stereocenters. The molecule has 2 N–H and O–H groups in total. The van der Waals surface area contributed by atoms with Crippen molar-refractivity contribution in [1.29, 1.82) is 0 Å². The molecule has 0 aromatic heterocycles. The number of aliphatic imine (C=N–C) groups is 1. The zero-order chi connectivity index (χ0) is 18.2. The third kappa shape index (κ3) is 10.1. The van der Waals surface area contributed by atoms with Gasteiger partial charge in [-0.05, 0) is 24.3 Å². The van der Waals surface area contributed by atoms with Gasteiger partial charge in [0.2, 0.25) is 0 Å². The van der Waals surface area contributed by atoms with Crippen molar-refractivity contribution >= 4 is 29.9 Å². The summed E-state index contributed by atoms with van der Waals surface area (Å²) in [5, 5.41) is 5.15. The fourth-order valence-corrected chi connectivity index (χ4v) is 1.56. The monoisotopic (exact) mass is 479 g/mol. The molecule has 0 saturated carbocycles. The second-order valence-electron chi connectivity index (χ2n) is 4.59. The van der Waals surface area contributed by atoms with Gasteiger partial charge in [-0.1, -0.05) is 11.8 Å². The lowest BCUT2D eigenvalue weighted by Crippen LogP contribution is -2.39. The third-order valence-corrected chi connectivity index (χ3v) is 2.71. The molecule has 1 aromatic rings. The van der Waals surface area contributed by atoms with Crippen molar-refractivity contribution in [3.8, 4) is 11.8 Å². The molecule has 3 nitrogen and oxygen atoms in total. The Balaban J connectivity index is 0.00000576. The number of hydrogen-bond acceptors (Lipinski definition) is 1. The van der Waals surface area contributed by atoms with E-state index in [0.29, 0.717) is 5.56 Å². The number of alkyl halides is 6. The van der Waals surface area contributed by atoms with E-state index >= 15 is 0 Å². The molecule has 10 heteroatoms. The van der Waals surface area contributed by atoms with Gasteiger partial charge in [0.25, 0.3) is 0 Å². The predicted octanol–water partition coefficient (Wildman–Crippen LogP) is 3.79. The van der Waals surface area contributed by atoms with Crippen molar-refractivity contribution in [3.63, 3.8) is 0 Å². The maximum absolute atomic E-state index is 12.4. The largest absolute Gasteiger partial charge is 0.416 e. The molecule has 140 valence electrons. The van der Waals surface area contributed by atoms with Gasteiger partial charge in [0, 0.05) is 19.2 Å². The molecule has 0 aliphatic carbocycles. The average Bonchev–Trinajstić information content (AvgIpc) is 2.48. The predicted molar refractivity (Wildman–Crippen MR) is 93.8 cm³/mol. The highest BCUT2D eigenvalue weighted by Gasteiger charge is 2.29. The Hall–Kier alpha value is -1.64. The van der Waals surface area contributed by atoms with E-state index in [1.165, 1.54) is 19.2 Å². The Morgan fingerprint density at radius 1 is 1.04 bits per heavy atom. The summed E-state index contributed by atoms with van der Waals surface area (Å²) in [6.45, 7) is -0.248. The van der Waals surface area contributed by atoms with Crippen LogP contribution in [-0.4, -0.2) is 32.3 Å². The van der Waals surface area contributed by atoms with Crippen molar-refractivity contribution in [2.45, 2.75) is 18.8 Å². The van der Waals surface area contributed by atoms with Crippen molar-refractivity contribution in [1.82, 2.24) is 10.6 Å². The zero-order valence-electron chi connectivity index (χ0n) is 13.1. The zero-order valence-corrected chi connectivity index (χ0v) is 15.4. The Labute approximate surface area is 158 Å². The number of nitrogens with zero attached hydrogens (tertiary/aromatic N) is 1. The summed E-state index contributed by atoms with van der Waals surface area (Å²) in [6, 6.07) is 4.34. The van der Waals surface area contributed by atoms with Crippen LogP contribution in [0.1, 0.15) is 17.5 Å². The van der Waals surface area contributed by atoms with Gasteiger partial charge < -0.3 is 10.6 Å². The van der Waals surface area contributed by atoms with E-state index in [9.17, 15) is 26.3 Å². The third-order valence-electron chi connectivity index (χ3n) is 2.71. The van der Waals surface area contributed by atoms with Crippen molar-refractivity contribution in [3.05, 3.63) is 35.4 Å². The van der Waals surface area contributed by atoms with Crippen LogP contribution in [0.25, 0.3) is 0 Å². The lowest BCUT2D eigenvalue weighted by molar-refractivity contribution is -0.137. The van der Waals surface area contributed by atoms with Crippen LogP contribution in [0.4, 0.5) is 26.3 Å². The highest BCUT2D eigenvalue weighted by atomic mass is 127. The molecule has 0 fully saturated rings. The van der Waals surface area contributed by atoms with Gasteiger partial charge in [-0.25, -0.2) is 0 Å². The molecule has 0 unspecified atom stereocenters. The van der Waals surface area contributed by atoms with E-state index in [4.69, 9.17) is 0 Å². The lowest BCUT2D eigenvalue weighted by atomic mass is 10.1. The first-order valence-corrected chi connectivity index (χ1v) is 6.79. The van der Waals surface area contributed by atoms with Crippen molar-refractivity contribution < 1.29 is 26.3 Å². The SMILES string of the molecule is CN=C(NCC#Cc1ccc(C(F)(F)F)cc1)NCCC(F)(F)F.I. The average molecular weight is 479 g/mol. The molecule has 0 heterocycles. The number of guanidine groups is 1. The van der Waals surface area contributed by atoms with Gasteiger partial charge in [0.1, 0.15) is 0 Å². The normalized spacial score (nSPS) is 11.9. The molecular formula is C15H16F6IN3. The fourth-order valence-electron chi connectivity index (χ4n) is 1.56. The summed E-state index contributed by atoms with van der Waals surface area (Å²) in [5.74, 6) is 5.44. The number of halogens is 7. The van der Waals surface area contributed by atoms with Gasteiger partial charge in [0.15, 0.2) is 5.96 Å². The summed E-state index contributed by atoms with van der Waals surface area (Å²) in [7, 11) is 1.40. The standard InChI is InChI=1S/C15H15F6N3.HI/c1-22-13(24-10-8-14(16,17)18)23-9-2-3-11-4-6-12(7-5-11)15(19,20)21;/h4-7H,8-10H2,1H3,(H2,22,23,24);1H. The van der Waals surface area contributed by atoms with E-state index < -0.39 is 24.3 Å².